The van der Waals surface area contributed by atoms with Crippen LogP contribution in [0.4, 0.5) is 4.39 Å². The van der Waals surface area contributed by atoms with Crippen LogP contribution >= 0.6 is 0 Å². The molecule has 9 heteroatoms. The molecule has 0 aromatic heterocycles. The summed E-state index contributed by atoms with van der Waals surface area (Å²) in [5.74, 6) is -2.05. The van der Waals surface area contributed by atoms with E-state index in [1.54, 1.807) is 6.07 Å². The molecule has 144 valence electrons. The Labute approximate surface area is 162 Å². The number of hydrogen-bond acceptors (Lipinski definition) is 6. The van der Waals surface area contributed by atoms with E-state index in [1.807, 2.05) is 0 Å². The van der Waals surface area contributed by atoms with Gasteiger partial charge < -0.3 is 0 Å². The molecule has 0 N–H and O–H groups in total. The first kappa shape index (κ1) is 19.0. The van der Waals surface area contributed by atoms with Crippen LogP contribution < -0.4 is 10.2 Å². The van der Waals surface area contributed by atoms with E-state index >= 15 is 0 Å². The van der Waals surface area contributed by atoms with Crippen LogP contribution in [0.25, 0.3) is 0 Å². The van der Waals surface area contributed by atoms with Gasteiger partial charge in [0.2, 0.25) is 0 Å². The van der Waals surface area contributed by atoms with E-state index in [-0.39, 0.29) is 52.9 Å². The first-order valence-corrected chi connectivity index (χ1v) is 10.4. The third-order valence-corrected chi connectivity index (χ3v) is 5.83. The maximum atomic E-state index is 13.8. The predicted molar refractivity (Wildman–Crippen MR) is 101 cm³/mol. The number of carbonyl (C=O) groups is 1. The number of sulfone groups is 1. The van der Waals surface area contributed by atoms with Gasteiger partial charge in [0.25, 0.3) is 0 Å². The van der Waals surface area contributed by atoms with Crippen LogP contribution in [0.2, 0.25) is 0 Å². The molecule has 1 aliphatic carbocycles. The van der Waals surface area contributed by atoms with E-state index < -0.39 is 21.4 Å². The van der Waals surface area contributed by atoms with Crippen LogP contribution in [0.1, 0.15) is 22.3 Å². The van der Waals surface area contributed by atoms with Crippen LogP contribution in [0.3, 0.4) is 0 Å². The van der Waals surface area contributed by atoms with E-state index in [0.717, 1.165) is 6.26 Å². The van der Waals surface area contributed by atoms with Crippen LogP contribution in [0.15, 0.2) is 35.2 Å². The topological polar surface area (TPSA) is 78.9 Å². The Morgan fingerprint density at radius 3 is 2.57 bits per heavy atom. The summed E-state index contributed by atoms with van der Waals surface area (Å²) in [7, 11) is -3.66. The zero-order chi connectivity index (χ0) is 20.1. The van der Waals surface area contributed by atoms with Gasteiger partial charge in [0.1, 0.15) is 0 Å². The maximum absolute atomic E-state index is 13.8. The second-order valence-corrected chi connectivity index (χ2v) is 8.64. The van der Waals surface area contributed by atoms with Gasteiger partial charge in [-0.1, -0.05) is 0 Å². The Balaban J connectivity index is 1.90. The number of halogens is 1. The summed E-state index contributed by atoms with van der Waals surface area (Å²) in [4.78, 5) is 12.7. The second-order valence-electron chi connectivity index (χ2n) is 6.66. The number of ketones is 1. The van der Waals surface area contributed by atoms with E-state index in [2.05, 4.69) is 6.47 Å². The SMILES string of the molecule is C=Bc1cc(F)cc(Oc2ccc(S(C)(=O)=O)c3c2C(=O)CC32OCCO2)c1. The Bertz CT molecular complexity index is 1110. The summed E-state index contributed by atoms with van der Waals surface area (Å²) in [5.41, 5.74) is 0.731. The summed E-state index contributed by atoms with van der Waals surface area (Å²) in [6.45, 7) is 5.55. The fourth-order valence-electron chi connectivity index (χ4n) is 3.59. The van der Waals surface area contributed by atoms with Crippen molar-refractivity contribution in [2.24, 2.45) is 0 Å². The molecule has 0 atom stereocenters. The van der Waals surface area contributed by atoms with Crippen LogP contribution in [-0.4, -0.2) is 47.1 Å². The predicted octanol–water partition coefficient (Wildman–Crippen LogP) is 1.57. The van der Waals surface area contributed by atoms with Crippen molar-refractivity contribution < 1.29 is 31.8 Å². The van der Waals surface area contributed by atoms with Crippen molar-refractivity contribution in [3.05, 3.63) is 47.3 Å². The molecule has 0 saturated carbocycles. The number of hydrogen-bond donors (Lipinski definition) is 0. The summed E-state index contributed by atoms with van der Waals surface area (Å²) < 4.78 is 55.5. The van der Waals surface area contributed by atoms with Gasteiger partial charge in [-0.15, -0.1) is 0 Å². The van der Waals surface area contributed by atoms with Crippen LogP contribution in [0.5, 0.6) is 11.5 Å². The molecule has 1 fully saturated rings. The fourth-order valence-corrected chi connectivity index (χ4v) is 4.53. The van der Waals surface area contributed by atoms with E-state index in [4.69, 9.17) is 14.2 Å². The number of rotatable bonds is 4. The van der Waals surface area contributed by atoms with Crippen molar-refractivity contribution in [2.75, 3.05) is 19.5 Å². The molecule has 2 aromatic carbocycles. The minimum atomic E-state index is -3.66. The Morgan fingerprint density at radius 2 is 1.93 bits per heavy atom. The molecule has 1 aliphatic heterocycles. The van der Waals surface area contributed by atoms with Crippen molar-refractivity contribution >= 4 is 34.5 Å². The van der Waals surface area contributed by atoms with Gasteiger partial charge in [0, 0.05) is 0 Å². The Kier molecular flexibility index (Phi) is 4.48. The standard InChI is InChI=1S/C19H16BFO6S/c1-20-11-7-12(21)9-13(8-11)27-15-3-4-16(28(2,23)24)18-17(15)14(22)10-19(18)25-5-6-26-19/h3-4,7-9H,1,5-6,10H2,2H3. The number of fused-ring (bicyclic) bond motifs is 2. The van der Waals surface area contributed by atoms with Gasteiger partial charge in [-0.3, -0.25) is 0 Å². The molecule has 4 rings (SSSR count). The second kappa shape index (κ2) is 6.61. The van der Waals surface area contributed by atoms with Crippen molar-refractivity contribution in [1.29, 1.82) is 0 Å². The Morgan fingerprint density at radius 1 is 1.21 bits per heavy atom. The monoisotopic (exact) mass is 402 g/mol. The molecule has 0 amide bonds. The van der Waals surface area contributed by atoms with Gasteiger partial charge in [-0.2, -0.15) is 0 Å². The molecule has 6 nitrogen and oxygen atoms in total. The van der Waals surface area contributed by atoms with Crippen molar-refractivity contribution in [1.82, 2.24) is 0 Å². The summed E-state index contributed by atoms with van der Waals surface area (Å²) >= 11 is 0. The molecule has 2 aliphatic rings. The average molecular weight is 402 g/mol. The van der Waals surface area contributed by atoms with Crippen molar-refractivity contribution in [3.8, 4) is 11.5 Å². The summed E-state index contributed by atoms with van der Waals surface area (Å²) in [5, 5.41) is 0. The first-order valence-electron chi connectivity index (χ1n) is 8.53. The quantitative estimate of drug-likeness (QED) is 0.723. The molecular weight excluding hydrogens is 386 g/mol. The van der Waals surface area contributed by atoms with E-state index in [0.29, 0.717) is 5.46 Å². The van der Waals surface area contributed by atoms with Gasteiger partial charge in [0.15, 0.2) is 0 Å². The zero-order valence-corrected chi connectivity index (χ0v) is 15.8. The number of carbonyl (C=O) groups excluding carboxylic acids is 1. The van der Waals surface area contributed by atoms with Crippen LogP contribution in [0, 0.1) is 5.82 Å². The van der Waals surface area contributed by atoms with Crippen molar-refractivity contribution in [2.45, 2.75) is 17.1 Å². The van der Waals surface area contributed by atoms with E-state index in [1.165, 1.54) is 31.2 Å². The first-order chi connectivity index (χ1) is 13.2. The Hall–Kier alpha value is -2.36. The van der Waals surface area contributed by atoms with Crippen LogP contribution in [-0.2, 0) is 25.1 Å². The third-order valence-electron chi connectivity index (χ3n) is 4.69. The fraction of sp³-hybridized carbons (Fsp3) is 0.263. The van der Waals surface area contributed by atoms with Gasteiger partial charge in [-0.05, 0) is 0 Å². The average Bonchev–Trinajstić information content (AvgIpc) is 3.19. The van der Waals surface area contributed by atoms with E-state index in [9.17, 15) is 17.6 Å². The molecule has 1 heterocycles. The summed E-state index contributed by atoms with van der Waals surface area (Å²) in [6, 6.07) is 6.76. The normalized spacial score (nSPS) is 17.6. The van der Waals surface area contributed by atoms with Crippen molar-refractivity contribution in [3.63, 3.8) is 0 Å². The minimum absolute atomic E-state index is 0.0476. The molecule has 0 radical (unpaired) electrons. The third kappa shape index (κ3) is 3.09. The molecular formula is C19H16BFO6S. The van der Waals surface area contributed by atoms with Gasteiger partial charge >= 0.3 is 162 Å². The number of benzene rings is 2. The molecule has 1 spiro atoms. The molecule has 0 unspecified atom stereocenters. The number of ether oxygens (including phenoxy) is 3. The zero-order valence-electron chi connectivity index (χ0n) is 15.0. The molecule has 1 saturated heterocycles. The van der Waals surface area contributed by atoms with Gasteiger partial charge in [-0.25, -0.2) is 0 Å². The summed E-state index contributed by atoms with van der Waals surface area (Å²) in [6.07, 6.45) is 0.907. The number of Topliss-reactive ketones (excluding diaryl/α,β-unsaturated/α-hetero) is 1. The van der Waals surface area contributed by atoms with Gasteiger partial charge in [0.05, 0.1) is 0 Å². The molecule has 28 heavy (non-hydrogen) atoms. The molecule has 0 bridgehead atoms. The molecule has 2 aromatic rings.